The number of halogens is 1. The molecule has 1 atom stereocenters. The fraction of sp³-hybridized carbons (Fsp3) is 0.455. The Hall–Kier alpha value is -0.930. The molecule has 0 aliphatic rings. The minimum absolute atomic E-state index is 0.208. The molecule has 0 fully saturated rings. The van der Waals surface area contributed by atoms with Crippen LogP contribution in [0.3, 0.4) is 0 Å². The second kappa shape index (κ2) is 6.51. The van der Waals surface area contributed by atoms with E-state index in [1.807, 2.05) is 30.3 Å². The van der Waals surface area contributed by atoms with E-state index in [4.69, 9.17) is 4.74 Å². The van der Waals surface area contributed by atoms with Crippen LogP contribution in [-0.2, 0) is 11.3 Å². The Morgan fingerprint density at radius 2 is 2.07 bits per heavy atom. The lowest BCUT2D eigenvalue weighted by Gasteiger charge is -2.13. The molecule has 3 heteroatoms. The molecule has 0 spiro atoms. The maximum atomic E-state index is 12.4. The lowest BCUT2D eigenvalue weighted by molar-refractivity contribution is 0.152. The standard InChI is InChI=1S/C11H16FNO/c1-14-9-11(7-12)13-8-10-5-3-2-4-6-10/h2-6,11,13H,7-9H2,1H3. The van der Waals surface area contributed by atoms with E-state index >= 15 is 0 Å². The molecule has 0 amide bonds. The molecule has 78 valence electrons. The van der Waals surface area contributed by atoms with E-state index in [0.29, 0.717) is 13.2 Å². The average Bonchev–Trinajstić information content (AvgIpc) is 2.25. The summed E-state index contributed by atoms with van der Waals surface area (Å²) >= 11 is 0. The van der Waals surface area contributed by atoms with Crippen LogP contribution in [0.15, 0.2) is 30.3 Å². The van der Waals surface area contributed by atoms with Crippen LogP contribution in [0, 0.1) is 0 Å². The van der Waals surface area contributed by atoms with Crippen molar-refractivity contribution in [2.24, 2.45) is 0 Å². The van der Waals surface area contributed by atoms with Gasteiger partial charge in [0.1, 0.15) is 6.67 Å². The number of rotatable bonds is 6. The SMILES string of the molecule is COCC(CF)NCc1ccccc1. The van der Waals surface area contributed by atoms with E-state index in [2.05, 4.69) is 5.32 Å². The third-order valence-corrected chi connectivity index (χ3v) is 1.99. The number of benzene rings is 1. The highest BCUT2D eigenvalue weighted by Gasteiger charge is 2.06. The topological polar surface area (TPSA) is 21.3 Å². The van der Waals surface area contributed by atoms with Gasteiger partial charge in [-0.25, -0.2) is 4.39 Å². The molecular weight excluding hydrogens is 181 g/mol. The van der Waals surface area contributed by atoms with Gasteiger partial charge in [0, 0.05) is 13.7 Å². The van der Waals surface area contributed by atoms with Gasteiger partial charge in [-0.15, -0.1) is 0 Å². The smallest absolute Gasteiger partial charge is 0.107 e. The lowest BCUT2D eigenvalue weighted by atomic mass is 10.2. The van der Waals surface area contributed by atoms with Crippen LogP contribution in [0.2, 0.25) is 0 Å². The van der Waals surface area contributed by atoms with Crippen molar-refractivity contribution in [3.8, 4) is 0 Å². The summed E-state index contributed by atoms with van der Waals surface area (Å²) in [6.07, 6.45) is 0. The Labute approximate surface area is 84.1 Å². The molecule has 1 aromatic carbocycles. The molecule has 0 aliphatic heterocycles. The van der Waals surface area contributed by atoms with Crippen molar-refractivity contribution in [1.82, 2.24) is 5.32 Å². The van der Waals surface area contributed by atoms with Crippen LogP contribution in [0.25, 0.3) is 0 Å². The number of hydrogen-bond acceptors (Lipinski definition) is 2. The van der Waals surface area contributed by atoms with Crippen LogP contribution >= 0.6 is 0 Å². The summed E-state index contributed by atoms with van der Waals surface area (Å²) in [5, 5.41) is 3.09. The predicted molar refractivity (Wildman–Crippen MR) is 54.9 cm³/mol. The average molecular weight is 197 g/mol. The number of ether oxygens (including phenoxy) is 1. The number of methoxy groups -OCH3 is 1. The minimum Gasteiger partial charge on any atom is -0.383 e. The quantitative estimate of drug-likeness (QED) is 0.750. The molecule has 1 unspecified atom stereocenters. The lowest BCUT2D eigenvalue weighted by Crippen LogP contribution is -2.34. The van der Waals surface area contributed by atoms with Gasteiger partial charge in [0.2, 0.25) is 0 Å². The fourth-order valence-corrected chi connectivity index (χ4v) is 1.22. The van der Waals surface area contributed by atoms with E-state index < -0.39 is 6.67 Å². The van der Waals surface area contributed by atoms with Gasteiger partial charge >= 0.3 is 0 Å². The van der Waals surface area contributed by atoms with Gasteiger partial charge in [-0.2, -0.15) is 0 Å². The van der Waals surface area contributed by atoms with Crippen LogP contribution in [0.5, 0.6) is 0 Å². The summed E-state index contributed by atoms with van der Waals surface area (Å²) < 4.78 is 17.3. The molecule has 0 heterocycles. The number of nitrogens with one attached hydrogen (secondary N) is 1. The molecule has 0 aromatic heterocycles. The van der Waals surface area contributed by atoms with Crippen molar-refractivity contribution in [3.05, 3.63) is 35.9 Å². The molecule has 0 saturated carbocycles. The first kappa shape index (κ1) is 11.1. The molecular formula is C11H16FNO. The van der Waals surface area contributed by atoms with E-state index in [1.165, 1.54) is 0 Å². The van der Waals surface area contributed by atoms with Gasteiger partial charge in [-0.3, -0.25) is 0 Å². The van der Waals surface area contributed by atoms with Crippen molar-refractivity contribution in [2.45, 2.75) is 12.6 Å². The molecule has 1 aromatic rings. The van der Waals surface area contributed by atoms with E-state index in [0.717, 1.165) is 5.56 Å². The van der Waals surface area contributed by atoms with E-state index in [9.17, 15) is 4.39 Å². The van der Waals surface area contributed by atoms with Crippen molar-refractivity contribution < 1.29 is 9.13 Å². The van der Waals surface area contributed by atoms with Crippen molar-refractivity contribution in [1.29, 1.82) is 0 Å². The minimum atomic E-state index is -0.402. The third-order valence-electron chi connectivity index (χ3n) is 1.99. The summed E-state index contributed by atoms with van der Waals surface area (Å²) in [5.41, 5.74) is 1.15. The molecule has 1 rings (SSSR count). The normalized spacial score (nSPS) is 12.7. The highest BCUT2D eigenvalue weighted by atomic mass is 19.1. The van der Waals surface area contributed by atoms with Crippen LogP contribution < -0.4 is 5.32 Å². The van der Waals surface area contributed by atoms with Gasteiger partial charge in [-0.1, -0.05) is 30.3 Å². The Balaban J connectivity index is 2.32. The van der Waals surface area contributed by atoms with E-state index in [1.54, 1.807) is 7.11 Å². The zero-order valence-corrected chi connectivity index (χ0v) is 8.37. The molecule has 1 N–H and O–H groups in total. The van der Waals surface area contributed by atoms with Gasteiger partial charge in [0.05, 0.1) is 12.6 Å². The maximum absolute atomic E-state index is 12.4. The zero-order valence-electron chi connectivity index (χ0n) is 8.37. The van der Waals surface area contributed by atoms with Gasteiger partial charge in [-0.05, 0) is 5.56 Å². The second-order valence-corrected chi connectivity index (χ2v) is 3.17. The Morgan fingerprint density at radius 3 is 2.64 bits per heavy atom. The summed E-state index contributed by atoms with van der Waals surface area (Å²) in [4.78, 5) is 0. The highest BCUT2D eigenvalue weighted by molar-refractivity contribution is 5.14. The zero-order chi connectivity index (χ0) is 10.2. The van der Waals surface area contributed by atoms with Crippen molar-refractivity contribution >= 4 is 0 Å². The summed E-state index contributed by atoms with van der Waals surface area (Å²) in [6, 6.07) is 9.71. The Bertz CT molecular complexity index is 240. The number of alkyl halides is 1. The van der Waals surface area contributed by atoms with Crippen LogP contribution in [0.1, 0.15) is 5.56 Å². The number of hydrogen-bond donors (Lipinski definition) is 1. The van der Waals surface area contributed by atoms with Crippen LogP contribution in [0.4, 0.5) is 4.39 Å². The van der Waals surface area contributed by atoms with Gasteiger partial charge < -0.3 is 10.1 Å². The molecule has 2 nitrogen and oxygen atoms in total. The van der Waals surface area contributed by atoms with Crippen molar-refractivity contribution in [3.63, 3.8) is 0 Å². The monoisotopic (exact) mass is 197 g/mol. The van der Waals surface area contributed by atoms with E-state index in [-0.39, 0.29) is 6.04 Å². The highest BCUT2D eigenvalue weighted by Crippen LogP contribution is 1.98. The third kappa shape index (κ3) is 3.85. The molecule has 0 aliphatic carbocycles. The fourth-order valence-electron chi connectivity index (χ4n) is 1.22. The Morgan fingerprint density at radius 1 is 1.36 bits per heavy atom. The molecule has 14 heavy (non-hydrogen) atoms. The molecule has 0 radical (unpaired) electrons. The predicted octanol–water partition coefficient (Wildman–Crippen LogP) is 1.76. The summed E-state index contributed by atoms with van der Waals surface area (Å²) in [6.45, 7) is 0.683. The first-order chi connectivity index (χ1) is 6.86. The van der Waals surface area contributed by atoms with Crippen LogP contribution in [-0.4, -0.2) is 26.4 Å². The Kier molecular flexibility index (Phi) is 5.19. The first-order valence-electron chi connectivity index (χ1n) is 4.69. The summed E-state index contributed by atoms with van der Waals surface area (Å²) in [7, 11) is 1.58. The second-order valence-electron chi connectivity index (χ2n) is 3.17. The van der Waals surface area contributed by atoms with Crippen molar-refractivity contribution in [2.75, 3.05) is 20.4 Å². The molecule has 0 saturated heterocycles. The summed E-state index contributed by atoms with van der Waals surface area (Å²) in [5.74, 6) is 0. The first-order valence-corrected chi connectivity index (χ1v) is 4.69. The largest absolute Gasteiger partial charge is 0.383 e. The van der Waals surface area contributed by atoms with Gasteiger partial charge in [0.25, 0.3) is 0 Å². The molecule has 0 bridgehead atoms. The van der Waals surface area contributed by atoms with Gasteiger partial charge in [0.15, 0.2) is 0 Å². The maximum Gasteiger partial charge on any atom is 0.107 e.